The minimum atomic E-state index is -0.313. The van der Waals surface area contributed by atoms with Crippen molar-refractivity contribution in [2.75, 3.05) is 17.2 Å². The Morgan fingerprint density at radius 1 is 0.952 bits per heavy atom. The van der Waals surface area contributed by atoms with Gasteiger partial charge < -0.3 is 16.4 Å². The number of benzene rings is 2. The van der Waals surface area contributed by atoms with Crippen LogP contribution in [0.1, 0.15) is 15.9 Å². The Labute approximate surface area is 123 Å². The lowest BCUT2D eigenvalue weighted by Gasteiger charge is -2.11. The van der Waals surface area contributed by atoms with Crippen LogP contribution in [0.25, 0.3) is 0 Å². The summed E-state index contributed by atoms with van der Waals surface area (Å²) in [5, 5.41) is 5.43. The van der Waals surface area contributed by atoms with Crippen molar-refractivity contribution in [1.29, 1.82) is 0 Å². The molecule has 0 bridgehead atoms. The van der Waals surface area contributed by atoms with Crippen LogP contribution in [0.5, 0.6) is 0 Å². The van der Waals surface area contributed by atoms with Crippen LogP contribution < -0.4 is 16.4 Å². The highest BCUT2D eigenvalue weighted by atomic mass is 16.2. The number of carbonyl (C=O) groups excluding carboxylic acids is 2. The fourth-order valence-electron chi connectivity index (χ4n) is 1.80. The largest absolute Gasteiger partial charge is 0.323 e. The van der Waals surface area contributed by atoms with E-state index < -0.39 is 0 Å². The Hall–Kier alpha value is -2.66. The van der Waals surface area contributed by atoms with Gasteiger partial charge in [0.1, 0.15) is 0 Å². The molecule has 2 aromatic carbocycles. The zero-order valence-electron chi connectivity index (χ0n) is 11.7. The van der Waals surface area contributed by atoms with Gasteiger partial charge in [-0.25, -0.2) is 0 Å². The topological polar surface area (TPSA) is 84.2 Å². The van der Waals surface area contributed by atoms with Gasteiger partial charge in [0.05, 0.1) is 17.9 Å². The Bertz CT molecular complexity index is 651. The summed E-state index contributed by atoms with van der Waals surface area (Å²) in [6, 6.07) is 14.2. The van der Waals surface area contributed by atoms with E-state index in [4.69, 9.17) is 5.73 Å². The lowest BCUT2D eigenvalue weighted by Crippen LogP contribution is -2.23. The van der Waals surface area contributed by atoms with Crippen LogP contribution in [-0.4, -0.2) is 18.4 Å². The molecule has 0 unspecified atom stereocenters. The molecular weight excluding hydrogens is 266 g/mol. The molecule has 0 fully saturated rings. The summed E-state index contributed by atoms with van der Waals surface area (Å²) in [6.45, 7) is 1.85. The van der Waals surface area contributed by atoms with Crippen molar-refractivity contribution in [3.8, 4) is 0 Å². The third kappa shape index (κ3) is 3.90. The zero-order valence-corrected chi connectivity index (χ0v) is 11.7. The summed E-state index contributed by atoms with van der Waals surface area (Å²) in [4.78, 5) is 23.6. The van der Waals surface area contributed by atoms with Gasteiger partial charge in [0.25, 0.3) is 5.91 Å². The molecule has 0 aliphatic carbocycles. The highest BCUT2D eigenvalue weighted by Crippen LogP contribution is 2.21. The first-order chi connectivity index (χ1) is 10.1. The third-order valence-corrected chi connectivity index (χ3v) is 2.95. The summed E-state index contributed by atoms with van der Waals surface area (Å²) < 4.78 is 0. The summed E-state index contributed by atoms with van der Waals surface area (Å²) in [6.07, 6.45) is 0. The standard InChI is InChI=1S/C16H17N3O2/c1-11-6-8-12(9-7-11)16(21)19-14-5-3-2-4-13(14)18-15(20)10-17/h2-9H,10,17H2,1H3,(H,18,20)(H,19,21). The SMILES string of the molecule is Cc1ccc(C(=O)Nc2ccccc2NC(=O)CN)cc1. The molecule has 0 aliphatic rings. The van der Waals surface area contributed by atoms with Crippen molar-refractivity contribution in [3.05, 3.63) is 59.7 Å². The summed E-state index contributed by atoms with van der Waals surface area (Å²) in [7, 11) is 0. The fourth-order valence-corrected chi connectivity index (χ4v) is 1.80. The van der Waals surface area contributed by atoms with Crippen LogP contribution in [-0.2, 0) is 4.79 Å². The van der Waals surface area contributed by atoms with Crippen molar-refractivity contribution in [3.63, 3.8) is 0 Å². The minimum absolute atomic E-state index is 0.111. The van der Waals surface area contributed by atoms with E-state index in [1.807, 2.05) is 19.1 Å². The molecule has 0 aromatic heterocycles. The van der Waals surface area contributed by atoms with Crippen LogP contribution in [0.3, 0.4) is 0 Å². The average molecular weight is 283 g/mol. The molecule has 21 heavy (non-hydrogen) atoms. The first kappa shape index (κ1) is 14.7. The molecule has 0 saturated carbocycles. The predicted molar refractivity (Wildman–Crippen MR) is 83.3 cm³/mol. The molecule has 4 N–H and O–H groups in total. The molecule has 0 saturated heterocycles. The van der Waals surface area contributed by atoms with Crippen LogP contribution in [0, 0.1) is 6.92 Å². The zero-order chi connectivity index (χ0) is 15.2. The monoisotopic (exact) mass is 283 g/mol. The van der Waals surface area contributed by atoms with Gasteiger partial charge in [-0.05, 0) is 31.2 Å². The highest BCUT2D eigenvalue weighted by Gasteiger charge is 2.10. The maximum atomic E-state index is 12.2. The van der Waals surface area contributed by atoms with Crippen molar-refractivity contribution in [2.45, 2.75) is 6.92 Å². The van der Waals surface area contributed by atoms with Crippen LogP contribution >= 0.6 is 0 Å². The highest BCUT2D eigenvalue weighted by molar-refractivity contribution is 6.07. The average Bonchev–Trinajstić information content (AvgIpc) is 2.49. The first-order valence-electron chi connectivity index (χ1n) is 6.57. The minimum Gasteiger partial charge on any atom is -0.323 e. The molecule has 0 heterocycles. The van der Waals surface area contributed by atoms with Gasteiger partial charge in [-0.3, -0.25) is 9.59 Å². The second kappa shape index (κ2) is 6.67. The van der Waals surface area contributed by atoms with Gasteiger partial charge in [-0.15, -0.1) is 0 Å². The molecule has 0 aliphatic heterocycles. The Kier molecular flexibility index (Phi) is 4.68. The normalized spacial score (nSPS) is 10.0. The van der Waals surface area contributed by atoms with Crippen LogP contribution in [0.15, 0.2) is 48.5 Å². The molecule has 2 amide bonds. The second-order valence-electron chi connectivity index (χ2n) is 4.62. The van der Waals surface area contributed by atoms with Gasteiger partial charge in [0.2, 0.25) is 5.91 Å². The summed E-state index contributed by atoms with van der Waals surface area (Å²) in [5.41, 5.74) is 7.97. The lowest BCUT2D eigenvalue weighted by molar-refractivity contribution is -0.114. The molecule has 5 heteroatoms. The van der Waals surface area contributed by atoms with Crippen molar-refractivity contribution < 1.29 is 9.59 Å². The van der Waals surface area contributed by atoms with E-state index in [1.165, 1.54) is 0 Å². The van der Waals surface area contributed by atoms with Gasteiger partial charge in [-0.2, -0.15) is 0 Å². The number of rotatable bonds is 4. The lowest BCUT2D eigenvalue weighted by atomic mass is 10.1. The number of para-hydroxylation sites is 2. The van der Waals surface area contributed by atoms with Gasteiger partial charge >= 0.3 is 0 Å². The van der Waals surface area contributed by atoms with E-state index in [1.54, 1.807) is 36.4 Å². The number of carbonyl (C=O) groups is 2. The Morgan fingerprint density at radius 3 is 2.10 bits per heavy atom. The number of aryl methyl sites for hydroxylation is 1. The molecule has 108 valence electrons. The van der Waals surface area contributed by atoms with E-state index in [0.717, 1.165) is 5.56 Å². The summed E-state index contributed by atoms with van der Waals surface area (Å²) in [5.74, 6) is -0.545. The molecule has 0 atom stereocenters. The smallest absolute Gasteiger partial charge is 0.255 e. The number of nitrogens with two attached hydrogens (primary N) is 1. The van der Waals surface area contributed by atoms with Gasteiger partial charge in [0.15, 0.2) is 0 Å². The molecule has 0 radical (unpaired) electrons. The van der Waals surface area contributed by atoms with Crippen molar-refractivity contribution >= 4 is 23.2 Å². The molecule has 0 spiro atoms. The van der Waals surface area contributed by atoms with Crippen LogP contribution in [0.2, 0.25) is 0 Å². The number of amides is 2. The summed E-state index contributed by atoms with van der Waals surface area (Å²) >= 11 is 0. The maximum Gasteiger partial charge on any atom is 0.255 e. The predicted octanol–water partition coefficient (Wildman–Crippen LogP) is 2.14. The van der Waals surface area contributed by atoms with Gasteiger partial charge in [0, 0.05) is 5.56 Å². The van der Waals surface area contributed by atoms with E-state index >= 15 is 0 Å². The Morgan fingerprint density at radius 2 is 1.52 bits per heavy atom. The van der Waals surface area contributed by atoms with Crippen molar-refractivity contribution in [1.82, 2.24) is 0 Å². The molecular formula is C16H17N3O2. The molecule has 5 nitrogen and oxygen atoms in total. The van der Waals surface area contributed by atoms with E-state index in [-0.39, 0.29) is 18.4 Å². The van der Waals surface area contributed by atoms with Crippen molar-refractivity contribution in [2.24, 2.45) is 5.73 Å². The first-order valence-corrected chi connectivity index (χ1v) is 6.57. The second-order valence-corrected chi connectivity index (χ2v) is 4.62. The third-order valence-electron chi connectivity index (χ3n) is 2.95. The molecule has 2 aromatic rings. The fraction of sp³-hybridized carbons (Fsp3) is 0.125. The number of nitrogens with one attached hydrogen (secondary N) is 2. The van der Waals surface area contributed by atoms with E-state index in [9.17, 15) is 9.59 Å². The maximum absolute atomic E-state index is 12.2. The quantitative estimate of drug-likeness (QED) is 0.803. The van der Waals surface area contributed by atoms with E-state index in [2.05, 4.69) is 10.6 Å². The van der Waals surface area contributed by atoms with E-state index in [0.29, 0.717) is 16.9 Å². The number of hydrogen-bond donors (Lipinski definition) is 3. The number of hydrogen-bond acceptors (Lipinski definition) is 3. The number of anilines is 2. The Balaban J connectivity index is 2.17. The molecule has 2 rings (SSSR count). The van der Waals surface area contributed by atoms with Gasteiger partial charge in [-0.1, -0.05) is 29.8 Å². The van der Waals surface area contributed by atoms with Crippen LogP contribution in [0.4, 0.5) is 11.4 Å².